The first-order valence-electron chi connectivity index (χ1n) is 8.27. The summed E-state index contributed by atoms with van der Waals surface area (Å²) in [5.41, 5.74) is 2.38. The van der Waals surface area contributed by atoms with E-state index in [-0.39, 0.29) is 6.54 Å². The van der Waals surface area contributed by atoms with Crippen molar-refractivity contribution in [3.8, 4) is 11.1 Å². The zero-order valence-electron chi connectivity index (χ0n) is 13.4. The molecular weight excluding hydrogens is 321 g/mol. The average Bonchev–Trinajstić information content (AvgIpc) is 3.23. The van der Waals surface area contributed by atoms with Crippen LogP contribution in [-0.2, 0) is 0 Å². The Hall–Kier alpha value is -3.03. The molecule has 1 aliphatic rings. The molecule has 4 aromatic rings. The molecule has 0 aromatic carbocycles. The van der Waals surface area contributed by atoms with Crippen molar-refractivity contribution >= 4 is 22.6 Å². The van der Waals surface area contributed by atoms with Gasteiger partial charge in [0.15, 0.2) is 5.65 Å². The van der Waals surface area contributed by atoms with Crippen LogP contribution in [0.25, 0.3) is 27.8 Å². The Balaban J connectivity index is 1.46. The molecule has 1 aliphatic carbocycles. The van der Waals surface area contributed by atoms with Crippen LogP contribution in [0.4, 0.5) is 10.3 Å². The number of nitrogens with zero attached hydrogens (tertiary/aromatic N) is 5. The largest absolute Gasteiger partial charge is 0.351 e. The molecule has 4 aromatic heterocycles. The van der Waals surface area contributed by atoms with E-state index >= 15 is 0 Å². The normalized spacial score (nSPS) is 16.2. The number of aromatic nitrogens is 6. The lowest BCUT2D eigenvalue weighted by atomic mass is 9.82. The molecule has 0 radical (unpaired) electrons. The third-order valence-corrected chi connectivity index (χ3v) is 4.83. The first-order chi connectivity index (χ1) is 12.2. The van der Waals surface area contributed by atoms with Crippen molar-refractivity contribution in [2.24, 2.45) is 0 Å². The van der Waals surface area contributed by atoms with E-state index in [0.29, 0.717) is 24.4 Å². The average molecular weight is 337 g/mol. The summed E-state index contributed by atoms with van der Waals surface area (Å²) < 4.78 is 15.8. The minimum absolute atomic E-state index is 0.259. The van der Waals surface area contributed by atoms with Gasteiger partial charge in [-0.2, -0.15) is 10.1 Å². The van der Waals surface area contributed by atoms with E-state index in [4.69, 9.17) is 0 Å². The lowest BCUT2D eigenvalue weighted by Gasteiger charge is -2.33. The summed E-state index contributed by atoms with van der Waals surface area (Å²) in [6, 6.07) is 3.90. The second-order valence-electron chi connectivity index (χ2n) is 6.50. The van der Waals surface area contributed by atoms with Gasteiger partial charge in [-0.3, -0.25) is 0 Å². The predicted molar refractivity (Wildman–Crippen MR) is 92.0 cm³/mol. The number of hydrogen-bond donors (Lipinski definition) is 2. The van der Waals surface area contributed by atoms with Gasteiger partial charge >= 0.3 is 0 Å². The molecule has 7 nitrogen and oxygen atoms in total. The standard InChI is InChI=1S/C17H16FN7/c18-17(4-1-5-17)9-21-16-20-7-13-12(6-19-15(13)24-16)11-2-3-14-22-10-23-25(14)8-11/h2-3,6-8,10H,1,4-5,9H2,(H2,19,20,21,24). The highest BCUT2D eigenvalue weighted by atomic mass is 19.1. The number of alkyl halides is 1. The van der Waals surface area contributed by atoms with Gasteiger partial charge in [0.25, 0.3) is 0 Å². The number of rotatable bonds is 4. The molecule has 0 saturated heterocycles. The van der Waals surface area contributed by atoms with Gasteiger partial charge in [0, 0.05) is 35.1 Å². The van der Waals surface area contributed by atoms with Crippen LogP contribution in [0.5, 0.6) is 0 Å². The van der Waals surface area contributed by atoms with Crippen LogP contribution in [0, 0.1) is 0 Å². The van der Waals surface area contributed by atoms with Crippen molar-refractivity contribution in [1.82, 2.24) is 29.5 Å². The number of aromatic amines is 1. The quantitative estimate of drug-likeness (QED) is 0.598. The van der Waals surface area contributed by atoms with E-state index < -0.39 is 5.67 Å². The predicted octanol–water partition coefficient (Wildman–Crippen LogP) is 2.97. The molecule has 0 atom stereocenters. The second kappa shape index (κ2) is 5.23. The molecule has 0 amide bonds. The minimum Gasteiger partial charge on any atom is -0.351 e. The SMILES string of the molecule is FC1(CNc2ncc3c(-c4ccc5ncnn5c4)c[nH]c3n2)CCC1. The van der Waals surface area contributed by atoms with Gasteiger partial charge in [0.1, 0.15) is 17.6 Å². The number of anilines is 1. The van der Waals surface area contributed by atoms with E-state index in [9.17, 15) is 4.39 Å². The van der Waals surface area contributed by atoms with Crippen molar-refractivity contribution in [2.75, 3.05) is 11.9 Å². The summed E-state index contributed by atoms with van der Waals surface area (Å²) >= 11 is 0. The maximum atomic E-state index is 14.1. The molecule has 1 saturated carbocycles. The number of pyridine rings is 1. The van der Waals surface area contributed by atoms with Gasteiger partial charge in [-0.15, -0.1) is 0 Å². The number of hydrogen-bond acceptors (Lipinski definition) is 5. The van der Waals surface area contributed by atoms with Crippen molar-refractivity contribution in [3.05, 3.63) is 37.1 Å². The van der Waals surface area contributed by atoms with Gasteiger partial charge in [-0.25, -0.2) is 18.9 Å². The molecule has 1 fully saturated rings. The number of halogens is 1. The van der Waals surface area contributed by atoms with Crippen LogP contribution in [0.2, 0.25) is 0 Å². The molecule has 0 unspecified atom stereocenters. The van der Waals surface area contributed by atoms with Gasteiger partial charge < -0.3 is 10.3 Å². The first kappa shape index (κ1) is 14.3. The fourth-order valence-corrected chi connectivity index (χ4v) is 3.18. The van der Waals surface area contributed by atoms with Crippen LogP contribution < -0.4 is 5.32 Å². The number of H-pyrrole nitrogens is 1. The monoisotopic (exact) mass is 337 g/mol. The van der Waals surface area contributed by atoms with Crippen molar-refractivity contribution in [2.45, 2.75) is 24.9 Å². The van der Waals surface area contributed by atoms with Gasteiger partial charge in [0.05, 0.1) is 6.54 Å². The van der Waals surface area contributed by atoms with E-state index in [2.05, 4.69) is 30.4 Å². The highest BCUT2D eigenvalue weighted by Gasteiger charge is 2.36. The van der Waals surface area contributed by atoms with Crippen LogP contribution in [-0.4, -0.2) is 41.8 Å². The molecule has 0 bridgehead atoms. The maximum absolute atomic E-state index is 14.1. The highest BCUT2D eigenvalue weighted by molar-refractivity contribution is 5.93. The number of fused-ring (bicyclic) bond motifs is 2. The van der Waals surface area contributed by atoms with Crippen LogP contribution in [0.1, 0.15) is 19.3 Å². The van der Waals surface area contributed by atoms with Crippen molar-refractivity contribution in [1.29, 1.82) is 0 Å². The van der Waals surface area contributed by atoms with Crippen molar-refractivity contribution < 1.29 is 4.39 Å². The molecule has 0 aliphatic heterocycles. The van der Waals surface area contributed by atoms with Gasteiger partial charge in [-0.05, 0) is 31.4 Å². The molecule has 4 heterocycles. The Morgan fingerprint density at radius 3 is 3.04 bits per heavy atom. The third kappa shape index (κ3) is 2.41. The summed E-state index contributed by atoms with van der Waals surface area (Å²) in [5.74, 6) is 0.441. The summed E-state index contributed by atoms with van der Waals surface area (Å²) in [6.45, 7) is 0.259. The fourth-order valence-electron chi connectivity index (χ4n) is 3.18. The zero-order chi connectivity index (χ0) is 16.9. The maximum Gasteiger partial charge on any atom is 0.224 e. The second-order valence-corrected chi connectivity index (χ2v) is 6.50. The van der Waals surface area contributed by atoms with Gasteiger partial charge in [-0.1, -0.05) is 0 Å². The Bertz CT molecular complexity index is 1060. The molecule has 126 valence electrons. The molecular formula is C17H16FN7. The van der Waals surface area contributed by atoms with Crippen molar-refractivity contribution in [3.63, 3.8) is 0 Å². The molecule has 8 heteroatoms. The van der Waals surface area contributed by atoms with Crippen LogP contribution in [0.15, 0.2) is 37.1 Å². The van der Waals surface area contributed by atoms with E-state index in [0.717, 1.165) is 28.6 Å². The minimum atomic E-state index is -1.10. The molecule has 5 rings (SSSR count). The summed E-state index contributed by atoms with van der Waals surface area (Å²) in [4.78, 5) is 16.1. The third-order valence-electron chi connectivity index (χ3n) is 4.83. The zero-order valence-corrected chi connectivity index (χ0v) is 13.4. The molecule has 0 spiro atoms. The Morgan fingerprint density at radius 2 is 2.20 bits per heavy atom. The number of nitrogens with one attached hydrogen (secondary N) is 2. The van der Waals surface area contributed by atoms with Crippen LogP contribution in [0.3, 0.4) is 0 Å². The Kier molecular flexibility index (Phi) is 3.00. The molecule has 2 N–H and O–H groups in total. The lowest BCUT2D eigenvalue weighted by Crippen LogP contribution is -2.39. The topological polar surface area (TPSA) is 83.8 Å². The summed E-state index contributed by atoms with van der Waals surface area (Å²) in [6.07, 6.45) is 9.26. The van der Waals surface area contributed by atoms with Crippen LogP contribution >= 0.6 is 0 Å². The lowest BCUT2D eigenvalue weighted by molar-refractivity contribution is 0.0782. The summed E-state index contributed by atoms with van der Waals surface area (Å²) in [5, 5.41) is 8.08. The smallest absolute Gasteiger partial charge is 0.224 e. The molecule has 25 heavy (non-hydrogen) atoms. The summed E-state index contributed by atoms with van der Waals surface area (Å²) in [7, 11) is 0. The highest BCUT2D eigenvalue weighted by Crippen LogP contribution is 2.35. The van der Waals surface area contributed by atoms with E-state index in [1.807, 2.05) is 24.5 Å². The first-order valence-corrected chi connectivity index (χ1v) is 8.27. The Morgan fingerprint density at radius 1 is 1.28 bits per heavy atom. The fraction of sp³-hybridized carbons (Fsp3) is 0.294. The Labute approximate surface area is 142 Å². The van der Waals surface area contributed by atoms with E-state index in [1.165, 1.54) is 6.33 Å². The van der Waals surface area contributed by atoms with Gasteiger partial charge in [0.2, 0.25) is 5.95 Å². The van der Waals surface area contributed by atoms with E-state index in [1.54, 1.807) is 10.7 Å².